The molecule has 162 valence electrons. The van der Waals surface area contributed by atoms with Gasteiger partial charge in [0.2, 0.25) is 0 Å². The highest BCUT2D eigenvalue weighted by Crippen LogP contribution is 2.21. The van der Waals surface area contributed by atoms with Crippen LogP contribution in [0.1, 0.15) is 35.7 Å². The lowest BCUT2D eigenvalue weighted by atomic mass is 10.0. The van der Waals surface area contributed by atoms with E-state index in [1.807, 2.05) is 12.1 Å². The Labute approximate surface area is 177 Å². The van der Waals surface area contributed by atoms with Gasteiger partial charge in [0.15, 0.2) is 6.23 Å². The molecule has 1 aliphatic heterocycles. The van der Waals surface area contributed by atoms with Crippen LogP contribution in [0.4, 0.5) is 4.39 Å². The molecule has 0 radical (unpaired) electrons. The Morgan fingerprint density at radius 1 is 1.20 bits per heavy atom. The number of aliphatic hydroxyl groups excluding tert-OH is 1. The fourth-order valence-corrected chi connectivity index (χ4v) is 3.64. The number of hydrogen-bond donors (Lipinski definition) is 3. The van der Waals surface area contributed by atoms with Crippen LogP contribution >= 0.6 is 0 Å². The van der Waals surface area contributed by atoms with E-state index < -0.39 is 12.3 Å². The SMILES string of the molecule is CNC(=O)c1ccccc1OC(NC1CCN(Cc2ccc(F)cc2)CC1)C(C)O. The van der Waals surface area contributed by atoms with Gasteiger partial charge in [-0.25, -0.2) is 4.39 Å². The predicted octanol–water partition coefficient (Wildman–Crippen LogP) is 2.53. The molecule has 2 atom stereocenters. The van der Waals surface area contributed by atoms with Crippen LogP contribution in [0.5, 0.6) is 5.75 Å². The second kappa shape index (κ2) is 10.5. The van der Waals surface area contributed by atoms with Gasteiger partial charge >= 0.3 is 0 Å². The third kappa shape index (κ3) is 6.01. The van der Waals surface area contributed by atoms with Gasteiger partial charge in [-0.05, 0) is 62.7 Å². The molecule has 1 fully saturated rings. The lowest BCUT2D eigenvalue weighted by molar-refractivity contribution is 0.0119. The van der Waals surface area contributed by atoms with Crippen LogP contribution in [0.25, 0.3) is 0 Å². The van der Waals surface area contributed by atoms with Gasteiger partial charge < -0.3 is 15.2 Å². The zero-order valence-electron chi connectivity index (χ0n) is 17.5. The van der Waals surface area contributed by atoms with Crippen molar-refractivity contribution >= 4 is 5.91 Å². The first-order valence-corrected chi connectivity index (χ1v) is 10.3. The average Bonchev–Trinajstić information content (AvgIpc) is 2.76. The maximum Gasteiger partial charge on any atom is 0.254 e. The molecule has 3 N–H and O–H groups in total. The van der Waals surface area contributed by atoms with Crippen molar-refractivity contribution in [3.63, 3.8) is 0 Å². The number of carbonyl (C=O) groups is 1. The van der Waals surface area contributed by atoms with Gasteiger partial charge in [0.1, 0.15) is 17.7 Å². The van der Waals surface area contributed by atoms with E-state index in [0.717, 1.165) is 38.0 Å². The topological polar surface area (TPSA) is 73.8 Å². The molecule has 1 saturated heterocycles. The summed E-state index contributed by atoms with van der Waals surface area (Å²) < 4.78 is 19.1. The standard InChI is InChI=1S/C23H30FN3O3/c1-16(28)23(30-21-6-4-3-5-20(21)22(29)25-2)26-19-11-13-27(14-12-19)15-17-7-9-18(24)10-8-17/h3-10,16,19,23,26,28H,11-15H2,1-2H3,(H,25,29). The van der Waals surface area contributed by atoms with Crippen molar-refractivity contribution in [1.82, 2.24) is 15.5 Å². The Balaban J connectivity index is 1.55. The summed E-state index contributed by atoms with van der Waals surface area (Å²) in [6.07, 6.45) is 0.444. The van der Waals surface area contributed by atoms with E-state index >= 15 is 0 Å². The summed E-state index contributed by atoms with van der Waals surface area (Å²) in [5.74, 6) is -0.0168. The summed E-state index contributed by atoms with van der Waals surface area (Å²) in [6, 6.07) is 13.8. The van der Waals surface area contributed by atoms with E-state index in [1.165, 1.54) is 12.1 Å². The summed E-state index contributed by atoms with van der Waals surface area (Å²) in [6.45, 7) is 4.26. The van der Waals surface area contributed by atoms with Crippen molar-refractivity contribution in [3.8, 4) is 5.75 Å². The Morgan fingerprint density at radius 2 is 1.87 bits per heavy atom. The first kappa shape index (κ1) is 22.2. The van der Waals surface area contributed by atoms with Crippen LogP contribution in [-0.2, 0) is 6.54 Å². The minimum absolute atomic E-state index is 0.196. The van der Waals surface area contributed by atoms with E-state index in [9.17, 15) is 14.3 Å². The first-order valence-electron chi connectivity index (χ1n) is 10.3. The summed E-state index contributed by atoms with van der Waals surface area (Å²) in [5, 5.41) is 16.2. The zero-order chi connectivity index (χ0) is 21.5. The van der Waals surface area contributed by atoms with Crippen molar-refractivity contribution in [2.45, 2.75) is 44.7 Å². The van der Waals surface area contributed by atoms with Crippen LogP contribution in [0.2, 0.25) is 0 Å². The Morgan fingerprint density at radius 3 is 2.50 bits per heavy atom. The van der Waals surface area contributed by atoms with Gasteiger partial charge in [-0.15, -0.1) is 0 Å². The molecule has 0 spiro atoms. The Hall–Kier alpha value is -2.48. The van der Waals surface area contributed by atoms with Crippen molar-refractivity contribution in [3.05, 3.63) is 65.5 Å². The number of benzene rings is 2. The number of likely N-dealkylation sites (tertiary alicyclic amines) is 1. The molecule has 0 saturated carbocycles. The highest BCUT2D eigenvalue weighted by atomic mass is 19.1. The van der Waals surface area contributed by atoms with E-state index in [2.05, 4.69) is 15.5 Å². The molecule has 2 aromatic rings. The number of amides is 1. The van der Waals surface area contributed by atoms with Gasteiger partial charge in [0, 0.05) is 19.6 Å². The molecule has 7 heteroatoms. The second-order valence-electron chi connectivity index (χ2n) is 7.70. The lowest BCUT2D eigenvalue weighted by Crippen LogP contribution is -2.51. The number of aliphatic hydroxyl groups is 1. The molecule has 0 aromatic heterocycles. The summed E-state index contributed by atoms with van der Waals surface area (Å²) in [5.41, 5.74) is 1.53. The second-order valence-corrected chi connectivity index (χ2v) is 7.70. The number of para-hydroxylation sites is 1. The summed E-state index contributed by atoms with van der Waals surface area (Å²) in [7, 11) is 1.57. The van der Waals surface area contributed by atoms with Crippen molar-refractivity contribution < 1.29 is 19.0 Å². The molecular weight excluding hydrogens is 385 g/mol. The molecule has 3 rings (SSSR count). The fourth-order valence-electron chi connectivity index (χ4n) is 3.64. The van der Waals surface area contributed by atoms with Crippen LogP contribution in [0, 0.1) is 5.82 Å². The molecule has 2 unspecified atom stereocenters. The summed E-state index contributed by atoms with van der Waals surface area (Å²) >= 11 is 0. The maximum absolute atomic E-state index is 13.1. The highest BCUT2D eigenvalue weighted by Gasteiger charge is 2.26. The maximum atomic E-state index is 13.1. The predicted molar refractivity (Wildman–Crippen MR) is 114 cm³/mol. The average molecular weight is 416 g/mol. The van der Waals surface area contributed by atoms with E-state index in [0.29, 0.717) is 11.3 Å². The smallest absolute Gasteiger partial charge is 0.254 e. The molecule has 6 nitrogen and oxygen atoms in total. The molecule has 0 aliphatic carbocycles. The van der Waals surface area contributed by atoms with E-state index in [1.54, 1.807) is 38.2 Å². The third-order valence-corrected chi connectivity index (χ3v) is 5.36. The fraction of sp³-hybridized carbons (Fsp3) is 0.435. The zero-order valence-corrected chi connectivity index (χ0v) is 17.5. The molecule has 1 amide bonds. The monoisotopic (exact) mass is 415 g/mol. The van der Waals surface area contributed by atoms with Crippen LogP contribution in [0.3, 0.4) is 0 Å². The van der Waals surface area contributed by atoms with Crippen LogP contribution < -0.4 is 15.4 Å². The number of piperidine rings is 1. The number of hydrogen-bond acceptors (Lipinski definition) is 5. The van der Waals surface area contributed by atoms with Gasteiger partial charge in [-0.1, -0.05) is 24.3 Å². The molecule has 1 heterocycles. The summed E-state index contributed by atoms with van der Waals surface area (Å²) in [4.78, 5) is 14.4. The third-order valence-electron chi connectivity index (χ3n) is 5.36. The van der Waals surface area contributed by atoms with Crippen LogP contribution in [-0.4, -0.2) is 54.4 Å². The number of halogens is 1. The molecule has 0 bridgehead atoms. The number of nitrogens with zero attached hydrogens (tertiary/aromatic N) is 1. The quantitative estimate of drug-likeness (QED) is 0.578. The molecule has 30 heavy (non-hydrogen) atoms. The number of ether oxygens (including phenoxy) is 1. The van der Waals surface area contributed by atoms with Crippen molar-refractivity contribution in [2.24, 2.45) is 0 Å². The molecule has 2 aromatic carbocycles. The number of carbonyl (C=O) groups excluding carboxylic acids is 1. The number of rotatable bonds is 8. The van der Waals surface area contributed by atoms with E-state index in [-0.39, 0.29) is 17.8 Å². The van der Waals surface area contributed by atoms with Crippen LogP contribution in [0.15, 0.2) is 48.5 Å². The molecule has 1 aliphatic rings. The largest absolute Gasteiger partial charge is 0.472 e. The van der Waals surface area contributed by atoms with Crippen molar-refractivity contribution in [2.75, 3.05) is 20.1 Å². The highest BCUT2D eigenvalue weighted by molar-refractivity contribution is 5.96. The van der Waals surface area contributed by atoms with Crippen molar-refractivity contribution in [1.29, 1.82) is 0 Å². The number of nitrogens with one attached hydrogen (secondary N) is 2. The van der Waals surface area contributed by atoms with E-state index in [4.69, 9.17) is 4.74 Å². The molecular formula is C23H30FN3O3. The normalized spacial score (nSPS) is 17.3. The van der Waals surface area contributed by atoms with Gasteiger partial charge in [0.25, 0.3) is 5.91 Å². The minimum atomic E-state index is -0.750. The van der Waals surface area contributed by atoms with Gasteiger partial charge in [-0.3, -0.25) is 15.0 Å². The Bertz CT molecular complexity index is 821. The van der Waals surface area contributed by atoms with Gasteiger partial charge in [-0.2, -0.15) is 0 Å². The lowest BCUT2D eigenvalue weighted by Gasteiger charge is -2.35. The van der Waals surface area contributed by atoms with Gasteiger partial charge in [0.05, 0.1) is 5.56 Å². The minimum Gasteiger partial charge on any atom is -0.472 e. The Kier molecular flexibility index (Phi) is 7.79. The first-order chi connectivity index (χ1) is 14.5.